The first-order chi connectivity index (χ1) is 9.81. The number of benzene rings is 1. The number of para-hydroxylation sites is 1. The summed E-state index contributed by atoms with van der Waals surface area (Å²) in [5, 5.41) is 4.75. The summed E-state index contributed by atoms with van der Waals surface area (Å²) in [6.07, 6.45) is 7.14. The van der Waals surface area contributed by atoms with Gasteiger partial charge in [-0.15, -0.1) is 0 Å². The summed E-state index contributed by atoms with van der Waals surface area (Å²) in [4.78, 5) is 4.73. The van der Waals surface area contributed by atoms with Crippen LogP contribution in [0.25, 0.3) is 10.9 Å². The van der Waals surface area contributed by atoms with Crippen molar-refractivity contribution in [2.45, 2.75) is 38.6 Å². The Labute approximate surface area is 120 Å². The van der Waals surface area contributed by atoms with Crippen molar-refractivity contribution in [1.82, 2.24) is 10.3 Å². The van der Waals surface area contributed by atoms with Gasteiger partial charge in [-0.3, -0.25) is 4.98 Å². The second-order valence-corrected chi connectivity index (χ2v) is 5.74. The van der Waals surface area contributed by atoms with Crippen LogP contribution >= 0.6 is 0 Å². The van der Waals surface area contributed by atoms with Crippen LogP contribution in [0.1, 0.15) is 31.9 Å². The van der Waals surface area contributed by atoms with E-state index in [0.717, 1.165) is 36.6 Å². The molecule has 0 atom stereocenters. The zero-order valence-corrected chi connectivity index (χ0v) is 12.1. The van der Waals surface area contributed by atoms with Crippen LogP contribution in [0, 0.1) is 0 Å². The Morgan fingerprint density at radius 2 is 2.10 bits per heavy atom. The maximum Gasteiger partial charge on any atom is 0.0705 e. The highest BCUT2D eigenvalue weighted by atomic mass is 14.9. The Balaban J connectivity index is 1.57. The summed E-state index contributed by atoms with van der Waals surface area (Å²) in [7, 11) is 0. The van der Waals surface area contributed by atoms with Gasteiger partial charge in [0.15, 0.2) is 0 Å². The summed E-state index contributed by atoms with van der Waals surface area (Å²) in [5.41, 5.74) is 3.66. The smallest absolute Gasteiger partial charge is 0.0705 e. The van der Waals surface area contributed by atoms with E-state index < -0.39 is 0 Å². The zero-order chi connectivity index (χ0) is 13.8. The first-order valence-electron chi connectivity index (χ1n) is 7.55. The number of allylic oxidation sites excluding steroid dienone is 1. The van der Waals surface area contributed by atoms with Crippen LogP contribution in [0.4, 0.5) is 0 Å². The Hall–Kier alpha value is -1.67. The molecule has 0 aliphatic heterocycles. The number of rotatable bonds is 6. The van der Waals surface area contributed by atoms with Crippen molar-refractivity contribution in [1.29, 1.82) is 0 Å². The molecule has 20 heavy (non-hydrogen) atoms. The molecule has 0 bridgehead atoms. The van der Waals surface area contributed by atoms with E-state index in [1.165, 1.54) is 23.8 Å². The van der Waals surface area contributed by atoms with Gasteiger partial charge in [0.2, 0.25) is 0 Å². The van der Waals surface area contributed by atoms with E-state index in [9.17, 15) is 0 Å². The highest BCUT2D eigenvalue weighted by Crippen LogP contribution is 2.18. The molecule has 1 heterocycles. The van der Waals surface area contributed by atoms with Crippen LogP contribution in [0.2, 0.25) is 0 Å². The lowest BCUT2D eigenvalue weighted by Crippen LogP contribution is -2.16. The van der Waals surface area contributed by atoms with Crippen LogP contribution in [0.3, 0.4) is 0 Å². The molecule has 0 spiro atoms. The van der Waals surface area contributed by atoms with Crippen molar-refractivity contribution >= 4 is 10.9 Å². The van der Waals surface area contributed by atoms with Crippen molar-refractivity contribution in [3.63, 3.8) is 0 Å². The van der Waals surface area contributed by atoms with Gasteiger partial charge in [0, 0.05) is 23.5 Å². The first-order valence-corrected chi connectivity index (χ1v) is 7.55. The molecule has 0 saturated heterocycles. The Morgan fingerprint density at radius 3 is 2.95 bits per heavy atom. The molecule has 2 nitrogen and oxygen atoms in total. The number of pyridine rings is 1. The van der Waals surface area contributed by atoms with E-state index in [4.69, 9.17) is 4.98 Å². The molecule has 1 aliphatic rings. The quantitative estimate of drug-likeness (QED) is 0.634. The number of nitrogens with one attached hydrogen (secondary N) is 1. The molecule has 3 rings (SSSR count). The third-order valence-electron chi connectivity index (χ3n) is 3.76. The van der Waals surface area contributed by atoms with Crippen molar-refractivity contribution in [2.75, 3.05) is 6.54 Å². The van der Waals surface area contributed by atoms with Gasteiger partial charge in [-0.25, -0.2) is 0 Å². The monoisotopic (exact) mass is 266 g/mol. The average molecular weight is 266 g/mol. The first kappa shape index (κ1) is 13.3. The van der Waals surface area contributed by atoms with Crippen LogP contribution in [0.5, 0.6) is 0 Å². The number of hydrogen-bond acceptors (Lipinski definition) is 2. The molecule has 2 aromatic rings. The summed E-state index contributed by atoms with van der Waals surface area (Å²) < 4.78 is 0. The van der Waals surface area contributed by atoms with Crippen LogP contribution in [-0.4, -0.2) is 17.6 Å². The van der Waals surface area contributed by atoms with Crippen molar-refractivity contribution in [2.24, 2.45) is 0 Å². The number of hydrogen-bond donors (Lipinski definition) is 1. The van der Waals surface area contributed by atoms with Gasteiger partial charge in [-0.1, -0.05) is 35.9 Å². The van der Waals surface area contributed by atoms with Crippen molar-refractivity contribution < 1.29 is 0 Å². The van der Waals surface area contributed by atoms with Gasteiger partial charge in [-0.05, 0) is 44.9 Å². The summed E-state index contributed by atoms with van der Waals surface area (Å²) in [5.74, 6) is 0. The molecular formula is C18H22N2. The SMILES string of the molecule is CC(=CCCNC1CC1)Cc1ccc2ccccc2n1. The maximum atomic E-state index is 4.73. The predicted molar refractivity (Wildman–Crippen MR) is 84.8 cm³/mol. The minimum absolute atomic E-state index is 0.811. The zero-order valence-electron chi connectivity index (χ0n) is 12.1. The van der Waals surface area contributed by atoms with Crippen molar-refractivity contribution in [3.05, 3.63) is 53.7 Å². The molecule has 0 radical (unpaired) electrons. The summed E-state index contributed by atoms with van der Waals surface area (Å²) >= 11 is 0. The topological polar surface area (TPSA) is 24.9 Å². The third-order valence-corrected chi connectivity index (χ3v) is 3.76. The number of nitrogens with zero attached hydrogens (tertiary/aromatic N) is 1. The molecule has 0 amide bonds. The van der Waals surface area contributed by atoms with Gasteiger partial charge >= 0.3 is 0 Å². The lowest BCUT2D eigenvalue weighted by atomic mass is 10.1. The third kappa shape index (κ3) is 3.67. The molecule has 1 N–H and O–H groups in total. The fourth-order valence-corrected chi connectivity index (χ4v) is 2.46. The molecule has 1 saturated carbocycles. The largest absolute Gasteiger partial charge is 0.314 e. The van der Waals surface area contributed by atoms with Gasteiger partial charge in [0.25, 0.3) is 0 Å². The molecule has 1 aliphatic carbocycles. The highest BCUT2D eigenvalue weighted by Gasteiger charge is 2.19. The molecule has 0 unspecified atom stereocenters. The second-order valence-electron chi connectivity index (χ2n) is 5.74. The van der Waals surface area contributed by atoms with Crippen LogP contribution < -0.4 is 5.32 Å². The van der Waals surface area contributed by atoms with Crippen LogP contribution in [0.15, 0.2) is 48.0 Å². The Bertz CT molecular complexity index is 612. The fraction of sp³-hybridized carbons (Fsp3) is 0.389. The van der Waals surface area contributed by atoms with Crippen LogP contribution in [-0.2, 0) is 6.42 Å². The summed E-state index contributed by atoms with van der Waals surface area (Å²) in [6.45, 7) is 3.31. The Morgan fingerprint density at radius 1 is 1.25 bits per heavy atom. The van der Waals surface area contributed by atoms with E-state index in [2.05, 4.69) is 48.6 Å². The minimum atomic E-state index is 0.811. The maximum absolute atomic E-state index is 4.73. The molecule has 2 heteroatoms. The van der Waals surface area contributed by atoms with Gasteiger partial charge in [0.05, 0.1) is 5.52 Å². The predicted octanol–water partition coefficient (Wildman–Crippen LogP) is 3.87. The standard InChI is InChI=1S/C18H22N2/c1-14(5-4-12-19-16-10-11-16)13-17-9-8-15-6-2-3-7-18(15)20-17/h2-3,5-9,16,19H,4,10-13H2,1H3. The van der Waals surface area contributed by atoms with Gasteiger partial charge < -0.3 is 5.32 Å². The lowest BCUT2D eigenvalue weighted by Gasteiger charge is -2.04. The summed E-state index contributed by atoms with van der Waals surface area (Å²) in [6, 6.07) is 13.4. The fourth-order valence-electron chi connectivity index (χ4n) is 2.46. The molecule has 1 aromatic carbocycles. The van der Waals surface area contributed by atoms with Gasteiger partial charge in [0.1, 0.15) is 0 Å². The molecule has 1 aromatic heterocycles. The van der Waals surface area contributed by atoms with E-state index in [-0.39, 0.29) is 0 Å². The van der Waals surface area contributed by atoms with E-state index >= 15 is 0 Å². The molecule has 1 fully saturated rings. The Kier molecular flexibility index (Phi) is 4.12. The average Bonchev–Trinajstić information content (AvgIpc) is 3.28. The van der Waals surface area contributed by atoms with Crippen molar-refractivity contribution in [3.8, 4) is 0 Å². The van der Waals surface area contributed by atoms with E-state index in [1.807, 2.05) is 6.07 Å². The van der Waals surface area contributed by atoms with E-state index in [1.54, 1.807) is 0 Å². The molecular weight excluding hydrogens is 244 g/mol. The second kappa shape index (κ2) is 6.19. The number of aromatic nitrogens is 1. The minimum Gasteiger partial charge on any atom is -0.314 e. The van der Waals surface area contributed by atoms with E-state index in [0.29, 0.717) is 0 Å². The lowest BCUT2D eigenvalue weighted by molar-refractivity contribution is 0.688. The normalized spacial score (nSPS) is 15.8. The number of fused-ring (bicyclic) bond motifs is 1. The van der Waals surface area contributed by atoms with Gasteiger partial charge in [-0.2, -0.15) is 0 Å². The highest BCUT2D eigenvalue weighted by molar-refractivity contribution is 5.78. The molecule has 104 valence electrons.